The van der Waals surface area contributed by atoms with Gasteiger partial charge in [0.25, 0.3) is 5.69 Å². The Bertz CT molecular complexity index is 720. The molecule has 26 heavy (non-hydrogen) atoms. The number of fused-ring (bicyclic) bond motifs is 1. The molecule has 3 aliphatic heterocycles. The molecular formula is C18H23N3O5. The van der Waals surface area contributed by atoms with Crippen molar-refractivity contribution in [3.8, 4) is 11.5 Å². The number of nitro benzene ring substituents is 1. The summed E-state index contributed by atoms with van der Waals surface area (Å²) in [6, 6.07) is 2.95. The van der Waals surface area contributed by atoms with Crippen molar-refractivity contribution < 1.29 is 19.2 Å². The van der Waals surface area contributed by atoms with Crippen molar-refractivity contribution in [2.75, 3.05) is 39.4 Å². The van der Waals surface area contributed by atoms with Crippen molar-refractivity contribution >= 4 is 11.6 Å². The fraction of sp³-hybridized carbons (Fsp3) is 0.611. The molecule has 4 rings (SSSR count). The zero-order valence-electron chi connectivity index (χ0n) is 14.7. The molecular weight excluding hydrogens is 338 g/mol. The van der Waals surface area contributed by atoms with Crippen molar-refractivity contribution in [1.82, 2.24) is 10.2 Å². The molecule has 0 bridgehead atoms. The summed E-state index contributed by atoms with van der Waals surface area (Å²) in [5.74, 6) is 0.776. The van der Waals surface area contributed by atoms with Crippen molar-refractivity contribution in [2.24, 2.45) is 5.41 Å². The molecule has 2 saturated heterocycles. The quantitative estimate of drug-likeness (QED) is 0.648. The van der Waals surface area contributed by atoms with Gasteiger partial charge in [0.15, 0.2) is 11.5 Å². The number of ether oxygens (including phenoxy) is 2. The maximum Gasteiger partial charge on any atom is 0.277 e. The highest BCUT2D eigenvalue weighted by Crippen LogP contribution is 2.39. The molecule has 8 heteroatoms. The number of likely N-dealkylation sites (tertiary alicyclic amines) is 1. The van der Waals surface area contributed by atoms with Crippen LogP contribution in [0, 0.1) is 15.5 Å². The Morgan fingerprint density at radius 1 is 1.19 bits per heavy atom. The second-order valence-corrected chi connectivity index (χ2v) is 7.37. The van der Waals surface area contributed by atoms with Gasteiger partial charge in [-0.05, 0) is 37.3 Å². The minimum absolute atomic E-state index is 0.0121. The van der Waals surface area contributed by atoms with Crippen LogP contribution >= 0.6 is 0 Å². The minimum Gasteiger partial charge on any atom is -0.486 e. The van der Waals surface area contributed by atoms with Gasteiger partial charge in [-0.15, -0.1) is 0 Å². The van der Waals surface area contributed by atoms with Gasteiger partial charge in [0.05, 0.1) is 17.4 Å². The average Bonchev–Trinajstić information content (AvgIpc) is 3.09. The molecule has 0 aliphatic carbocycles. The number of hydrogen-bond donors (Lipinski definition) is 1. The molecule has 0 unspecified atom stereocenters. The summed E-state index contributed by atoms with van der Waals surface area (Å²) in [6.45, 7) is 4.30. The van der Waals surface area contributed by atoms with Gasteiger partial charge in [0.2, 0.25) is 5.91 Å². The van der Waals surface area contributed by atoms with Crippen LogP contribution in [-0.4, -0.2) is 55.1 Å². The molecule has 1 aromatic carbocycles. The standard InChI is InChI=1S/C18H23N3O5/c22-17(20-5-2-18(3-6-20)1-4-19-12-18)10-13-9-15-16(26-8-7-25-15)11-14(13)21(23)24/h9,11,19H,1-8,10,12H2. The van der Waals surface area contributed by atoms with E-state index in [0.717, 1.165) is 39.0 Å². The van der Waals surface area contributed by atoms with E-state index in [2.05, 4.69) is 5.32 Å². The van der Waals surface area contributed by atoms with E-state index in [9.17, 15) is 14.9 Å². The lowest BCUT2D eigenvalue weighted by molar-refractivity contribution is -0.385. The van der Waals surface area contributed by atoms with Gasteiger partial charge in [-0.2, -0.15) is 0 Å². The number of piperidine rings is 1. The third kappa shape index (κ3) is 3.21. The zero-order chi connectivity index (χ0) is 18.1. The number of amides is 1. The van der Waals surface area contributed by atoms with Crippen molar-refractivity contribution in [3.63, 3.8) is 0 Å². The van der Waals surface area contributed by atoms with Crippen molar-refractivity contribution in [3.05, 3.63) is 27.8 Å². The van der Waals surface area contributed by atoms with Crippen molar-refractivity contribution in [1.29, 1.82) is 0 Å². The summed E-state index contributed by atoms with van der Waals surface area (Å²) in [4.78, 5) is 25.5. The molecule has 8 nitrogen and oxygen atoms in total. The minimum atomic E-state index is -0.462. The van der Waals surface area contributed by atoms with Gasteiger partial charge < -0.3 is 19.7 Å². The first-order valence-electron chi connectivity index (χ1n) is 9.12. The lowest BCUT2D eigenvalue weighted by Gasteiger charge is -2.39. The predicted octanol–water partition coefficient (Wildman–Crippen LogP) is 1.51. The summed E-state index contributed by atoms with van der Waals surface area (Å²) >= 11 is 0. The summed E-state index contributed by atoms with van der Waals surface area (Å²) in [6.07, 6.45) is 3.17. The molecule has 0 radical (unpaired) electrons. The van der Waals surface area contributed by atoms with Gasteiger partial charge in [0.1, 0.15) is 13.2 Å². The Kier molecular flexibility index (Phi) is 4.44. The Morgan fingerprint density at radius 3 is 2.50 bits per heavy atom. The van der Waals surface area contributed by atoms with E-state index in [4.69, 9.17) is 9.47 Å². The summed E-state index contributed by atoms with van der Waals surface area (Å²) < 4.78 is 10.9. The molecule has 1 aromatic rings. The fourth-order valence-electron chi connectivity index (χ4n) is 4.16. The van der Waals surface area contributed by atoms with Gasteiger partial charge in [-0.25, -0.2) is 0 Å². The van der Waals surface area contributed by atoms with Crippen LogP contribution in [0.3, 0.4) is 0 Å². The highest BCUT2D eigenvalue weighted by molar-refractivity contribution is 5.80. The lowest BCUT2D eigenvalue weighted by atomic mass is 9.78. The van der Waals surface area contributed by atoms with Crippen LogP contribution < -0.4 is 14.8 Å². The number of nitro groups is 1. The summed E-state index contributed by atoms with van der Waals surface area (Å²) in [5.41, 5.74) is 0.628. The molecule has 1 amide bonds. The first kappa shape index (κ1) is 17.1. The number of carbonyl (C=O) groups excluding carboxylic acids is 1. The average molecular weight is 361 g/mol. The van der Waals surface area contributed by atoms with E-state index in [0.29, 0.717) is 35.7 Å². The SMILES string of the molecule is O=C(Cc1cc2c(cc1[N+](=O)[O-])OCCO2)N1CCC2(CCNC2)CC1. The maximum absolute atomic E-state index is 12.7. The Morgan fingerprint density at radius 2 is 1.88 bits per heavy atom. The van der Waals surface area contributed by atoms with E-state index in [-0.39, 0.29) is 18.0 Å². The van der Waals surface area contributed by atoms with E-state index in [1.165, 1.54) is 12.5 Å². The predicted molar refractivity (Wildman–Crippen MR) is 93.5 cm³/mol. The fourth-order valence-corrected chi connectivity index (χ4v) is 4.16. The van der Waals surface area contributed by atoms with E-state index in [1.807, 2.05) is 4.90 Å². The molecule has 140 valence electrons. The normalized spacial score (nSPS) is 21.0. The monoisotopic (exact) mass is 361 g/mol. The molecule has 3 aliphatic rings. The number of nitrogens with zero attached hydrogens (tertiary/aromatic N) is 2. The van der Waals surface area contributed by atoms with Crippen LogP contribution in [-0.2, 0) is 11.2 Å². The highest BCUT2D eigenvalue weighted by Gasteiger charge is 2.38. The first-order chi connectivity index (χ1) is 12.6. The third-order valence-corrected chi connectivity index (χ3v) is 5.79. The summed E-state index contributed by atoms with van der Waals surface area (Å²) in [7, 11) is 0. The second kappa shape index (κ2) is 6.75. The molecule has 3 heterocycles. The van der Waals surface area contributed by atoms with E-state index >= 15 is 0 Å². The van der Waals surface area contributed by atoms with Crippen LogP contribution in [0.25, 0.3) is 0 Å². The zero-order valence-corrected chi connectivity index (χ0v) is 14.7. The first-order valence-corrected chi connectivity index (χ1v) is 9.12. The second-order valence-electron chi connectivity index (χ2n) is 7.37. The van der Waals surface area contributed by atoms with Crippen molar-refractivity contribution in [2.45, 2.75) is 25.7 Å². The number of rotatable bonds is 3. The number of carbonyl (C=O) groups is 1. The molecule has 0 atom stereocenters. The molecule has 1 N–H and O–H groups in total. The smallest absolute Gasteiger partial charge is 0.277 e. The number of benzene rings is 1. The Labute approximate surface area is 151 Å². The van der Waals surface area contributed by atoms with Gasteiger partial charge in [-0.3, -0.25) is 14.9 Å². The van der Waals surface area contributed by atoms with Crippen LogP contribution in [0.2, 0.25) is 0 Å². The maximum atomic E-state index is 12.7. The Hall–Kier alpha value is -2.35. The molecule has 2 fully saturated rings. The number of hydrogen-bond acceptors (Lipinski definition) is 6. The largest absolute Gasteiger partial charge is 0.486 e. The van der Waals surface area contributed by atoms with Crippen LogP contribution in [0.5, 0.6) is 11.5 Å². The molecule has 0 aromatic heterocycles. The Balaban J connectivity index is 1.48. The van der Waals surface area contributed by atoms with Crippen LogP contribution in [0.15, 0.2) is 12.1 Å². The van der Waals surface area contributed by atoms with Gasteiger partial charge in [0, 0.05) is 25.2 Å². The topological polar surface area (TPSA) is 93.9 Å². The third-order valence-electron chi connectivity index (χ3n) is 5.79. The highest BCUT2D eigenvalue weighted by atomic mass is 16.6. The van der Waals surface area contributed by atoms with Crippen LogP contribution in [0.4, 0.5) is 5.69 Å². The molecule has 0 saturated carbocycles. The van der Waals surface area contributed by atoms with Crippen LogP contribution in [0.1, 0.15) is 24.8 Å². The lowest BCUT2D eigenvalue weighted by Crippen LogP contribution is -2.44. The van der Waals surface area contributed by atoms with E-state index in [1.54, 1.807) is 6.07 Å². The number of nitrogens with one attached hydrogen (secondary N) is 1. The summed E-state index contributed by atoms with van der Waals surface area (Å²) in [5, 5.41) is 14.8. The van der Waals surface area contributed by atoms with Gasteiger partial charge in [-0.1, -0.05) is 0 Å². The molecule has 1 spiro atoms. The van der Waals surface area contributed by atoms with Gasteiger partial charge >= 0.3 is 0 Å². The van der Waals surface area contributed by atoms with E-state index < -0.39 is 4.92 Å².